The first-order chi connectivity index (χ1) is 5.67. The van der Waals surface area contributed by atoms with Crippen LogP contribution >= 0.6 is 12.6 Å². The molecule has 0 aromatic carbocycles. The molecule has 3 nitrogen and oxygen atoms in total. The van der Waals surface area contributed by atoms with Crippen molar-refractivity contribution in [3.8, 4) is 6.07 Å². The average Bonchev–Trinajstić information content (AvgIpc) is 2.06. The van der Waals surface area contributed by atoms with E-state index in [1.165, 1.54) is 0 Å². The van der Waals surface area contributed by atoms with E-state index in [0.29, 0.717) is 11.3 Å². The van der Waals surface area contributed by atoms with Gasteiger partial charge in [-0.3, -0.25) is 0 Å². The summed E-state index contributed by atoms with van der Waals surface area (Å²) in [5.41, 5.74) is 0.00248. The van der Waals surface area contributed by atoms with Crippen molar-refractivity contribution in [2.45, 2.75) is 20.3 Å². The summed E-state index contributed by atoms with van der Waals surface area (Å²) in [6.07, 6.45) is 0.560. The standard InChI is InChI=1S/C8H11NO2S/c1-3-7(12)6(5-9)8(10)11-4-2/h12H,3-4H2,1-2H3/b7-6-. The molecular formula is C8H11NO2S. The van der Waals surface area contributed by atoms with E-state index >= 15 is 0 Å². The monoisotopic (exact) mass is 185 g/mol. The van der Waals surface area contributed by atoms with Crippen molar-refractivity contribution in [2.75, 3.05) is 6.61 Å². The number of nitrogens with zero attached hydrogens (tertiary/aromatic N) is 1. The molecule has 0 bridgehead atoms. The molecule has 0 fully saturated rings. The topological polar surface area (TPSA) is 50.1 Å². The van der Waals surface area contributed by atoms with Crippen molar-refractivity contribution in [3.63, 3.8) is 0 Å². The number of hydrogen-bond donors (Lipinski definition) is 1. The Bertz CT molecular complexity index is 240. The average molecular weight is 185 g/mol. The van der Waals surface area contributed by atoms with Gasteiger partial charge in [0.15, 0.2) is 0 Å². The lowest BCUT2D eigenvalue weighted by molar-refractivity contribution is -0.138. The van der Waals surface area contributed by atoms with Crippen LogP contribution in [0.2, 0.25) is 0 Å². The van der Waals surface area contributed by atoms with E-state index in [1.54, 1.807) is 13.0 Å². The Labute approximate surface area is 77.4 Å². The quantitative estimate of drug-likeness (QED) is 0.315. The third kappa shape index (κ3) is 2.97. The maximum absolute atomic E-state index is 11.0. The number of carbonyl (C=O) groups excluding carboxylic acids is 1. The summed E-state index contributed by atoms with van der Waals surface area (Å²) >= 11 is 3.99. The second-order valence-corrected chi connectivity index (χ2v) is 2.55. The van der Waals surface area contributed by atoms with Gasteiger partial charge in [0, 0.05) is 4.91 Å². The molecular weight excluding hydrogens is 174 g/mol. The summed E-state index contributed by atoms with van der Waals surface area (Å²) in [4.78, 5) is 11.5. The number of rotatable bonds is 3. The van der Waals surface area contributed by atoms with Gasteiger partial charge in [0.2, 0.25) is 0 Å². The molecule has 0 spiro atoms. The molecule has 0 saturated heterocycles. The Morgan fingerprint density at radius 1 is 1.58 bits per heavy atom. The van der Waals surface area contributed by atoms with Gasteiger partial charge in [-0.25, -0.2) is 4.79 Å². The Hall–Kier alpha value is -0.950. The minimum atomic E-state index is -0.591. The lowest BCUT2D eigenvalue weighted by Gasteiger charge is -2.01. The zero-order valence-corrected chi connectivity index (χ0v) is 8.02. The molecule has 0 aliphatic rings. The van der Waals surface area contributed by atoms with E-state index in [9.17, 15) is 4.79 Å². The van der Waals surface area contributed by atoms with Gasteiger partial charge in [0.05, 0.1) is 6.61 Å². The third-order valence-corrected chi connectivity index (χ3v) is 1.75. The van der Waals surface area contributed by atoms with Crippen LogP contribution in [0, 0.1) is 11.3 Å². The maximum atomic E-state index is 11.0. The third-order valence-electron chi connectivity index (χ3n) is 1.21. The van der Waals surface area contributed by atoms with Crippen molar-refractivity contribution in [2.24, 2.45) is 0 Å². The number of nitriles is 1. The number of allylic oxidation sites excluding steroid dienone is 1. The summed E-state index contributed by atoms with van der Waals surface area (Å²) in [6.45, 7) is 3.78. The molecule has 0 unspecified atom stereocenters. The maximum Gasteiger partial charge on any atom is 0.349 e. The summed E-state index contributed by atoms with van der Waals surface area (Å²) in [6, 6.07) is 1.77. The highest BCUT2D eigenvalue weighted by atomic mass is 32.1. The van der Waals surface area contributed by atoms with Crippen LogP contribution < -0.4 is 0 Å². The van der Waals surface area contributed by atoms with Gasteiger partial charge in [-0.05, 0) is 13.3 Å². The van der Waals surface area contributed by atoms with Crippen molar-refractivity contribution in [3.05, 3.63) is 10.5 Å². The Kier molecular flexibility index (Phi) is 5.22. The van der Waals surface area contributed by atoms with Gasteiger partial charge >= 0.3 is 5.97 Å². The Morgan fingerprint density at radius 3 is 2.50 bits per heavy atom. The van der Waals surface area contributed by atoms with E-state index in [4.69, 9.17) is 5.26 Å². The number of esters is 1. The summed E-state index contributed by atoms with van der Waals surface area (Å²) < 4.78 is 4.65. The van der Waals surface area contributed by atoms with Gasteiger partial charge in [0.25, 0.3) is 0 Å². The van der Waals surface area contributed by atoms with Crippen LogP contribution in [0.25, 0.3) is 0 Å². The van der Waals surface area contributed by atoms with Gasteiger partial charge in [0.1, 0.15) is 11.6 Å². The first-order valence-electron chi connectivity index (χ1n) is 3.66. The molecule has 4 heteroatoms. The zero-order valence-electron chi connectivity index (χ0n) is 7.13. The smallest absolute Gasteiger partial charge is 0.349 e. The van der Waals surface area contributed by atoms with Crippen LogP contribution in [0.15, 0.2) is 10.5 Å². The van der Waals surface area contributed by atoms with Crippen LogP contribution in [0.3, 0.4) is 0 Å². The molecule has 0 aliphatic heterocycles. The number of thiol groups is 1. The van der Waals surface area contributed by atoms with E-state index in [-0.39, 0.29) is 12.2 Å². The normalized spacial score (nSPS) is 11.5. The first kappa shape index (κ1) is 11.1. The van der Waals surface area contributed by atoms with Gasteiger partial charge < -0.3 is 4.74 Å². The fourth-order valence-electron chi connectivity index (χ4n) is 0.608. The van der Waals surface area contributed by atoms with E-state index < -0.39 is 5.97 Å². The molecule has 0 N–H and O–H groups in total. The highest BCUT2D eigenvalue weighted by Gasteiger charge is 2.12. The lowest BCUT2D eigenvalue weighted by Crippen LogP contribution is -2.07. The van der Waals surface area contributed by atoms with Gasteiger partial charge in [-0.15, -0.1) is 12.6 Å². The molecule has 66 valence electrons. The number of carbonyl (C=O) groups is 1. The molecule has 0 amide bonds. The highest BCUT2D eigenvalue weighted by molar-refractivity contribution is 7.84. The number of ether oxygens (including phenoxy) is 1. The predicted octanol–water partition coefficient (Wildman–Crippen LogP) is 1.67. The fraction of sp³-hybridized carbons (Fsp3) is 0.500. The Morgan fingerprint density at radius 2 is 2.17 bits per heavy atom. The van der Waals surface area contributed by atoms with E-state index in [2.05, 4.69) is 17.4 Å². The molecule has 0 aromatic heterocycles. The molecule has 0 rings (SSSR count). The largest absolute Gasteiger partial charge is 0.462 e. The van der Waals surface area contributed by atoms with Crippen molar-refractivity contribution >= 4 is 18.6 Å². The lowest BCUT2D eigenvalue weighted by atomic mass is 10.2. The summed E-state index contributed by atoms with van der Waals surface area (Å²) in [7, 11) is 0. The van der Waals surface area contributed by atoms with E-state index in [1.807, 2.05) is 6.92 Å². The van der Waals surface area contributed by atoms with E-state index in [0.717, 1.165) is 0 Å². The van der Waals surface area contributed by atoms with Crippen molar-refractivity contribution in [1.29, 1.82) is 5.26 Å². The molecule has 0 atom stereocenters. The zero-order chi connectivity index (χ0) is 9.56. The first-order valence-corrected chi connectivity index (χ1v) is 4.11. The second kappa shape index (κ2) is 5.67. The minimum absolute atomic E-state index is 0.00248. The molecule has 0 saturated carbocycles. The van der Waals surface area contributed by atoms with Gasteiger partial charge in [-0.1, -0.05) is 6.92 Å². The van der Waals surface area contributed by atoms with Crippen LogP contribution in [0.5, 0.6) is 0 Å². The van der Waals surface area contributed by atoms with Crippen LogP contribution in [0.1, 0.15) is 20.3 Å². The Balaban J connectivity index is 4.59. The summed E-state index contributed by atoms with van der Waals surface area (Å²) in [5.74, 6) is -0.591. The SMILES string of the molecule is CCOC(=O)/C(C#N)=C(\S)CC. The molecule has 0 heterocycles. The second-order valence-electron chi connectivity index (χ2n) is 2.01. The molecule has 0 radical (unpaired) electrons. The van der Waals surface area contributed by atoms with Crippen LogP contribution in [-0.4, -0.2) is 12.6 Å². The number of hydrogen-bond acceptors (Lipinski definition) is 4. The fourth-order valence-corrected chi connectivity index (χ4v) is 0.749. The molecule has 0 aromatic rings. The van der Waals surface area contributed by atoms with Crippen LogP contribution in [-0.2, 0) is 9.53 Å². The highest BCUT2D eigenvalue weighted by Crippen LogP contribution is 2.13. The molecule has 0 aliphatic carbocycles. The van der Waals surface area contributed by atoms with Crippen molar-refractivity contribution < 1.29 is 9.53 Å². The summed E-state index contributed by atoms with van der Waals surface area (Å²) in [5, 5.41) is 8.57. The van der Waals surface area contributed by atoms with Crippen LogP contribution in [0.4, 0.5) is 0 Å². The molecule has 12 heavy (non-hydrogen) atoms. The van der Waals surface area contributed by atoms with Gasteiger partial charge in [-0.2, -0.15) is 5.26 Å². The van der Waals surface area contributed by atoms with Crippen molar-refractivity contribution in [1.82, 2.24) is 0 Å². The minimum Gasteiger partial charge on any atom is -0.462 e. The predicted molar refractivity (Wildman–Crippen MR) is 48.5 cm³/mol.